The Morgan fingerprint density at radius 2 is 1.56 bits per heavy atom. The van der Waals surface area contributed by atoms with E-state index in [1.165, 1.54) is 11.9 Å². The summed E-state index contributed by atoms with van der Waals surface area (Å²) in [6.45, 7) is 11.1. The monoisotopic (exact) mass is 936 g/mol. The Labute approximate surface area is 378 Å². The Morgan fingerprint density at radius 1 is 0.857 bits per heavy atom. The number of urea groups is 1. The van der Waals surface area contributed by atoms with Crippen molar-refractivity contribution in [1.82, 2.24) is 41.8 Å². The van der Waals surface area contributed by atoms with Gasteiger partial charge >= 0.3 is 12.0 Å². The maximum absolute atomic E-state index is 14.7. The maximum atomic E-state index is 14.7. The highest BCUT2D eigenvalue weighted by molar-refractivity contribution is 9.10. The summed E-state index contributed by atoms with van der Waals surface area (Å²) in [5.41, 5.74) is 2.38. The number of halogens is 1. The van der Waals surface area contributed by atoms with Crippen molar-refractivity contribution in [3.63, 3.8) is 0 Å². The average molecular weight is 938 g/mol. The smallest absolute Gasteiger partial charge is 0.326 e. The number of likely N-dealkylation sites (N-methyl/N-ethyl adjacent to an activating group) is 1. The number of rotatable bonds is 13. The predicted molar refractivity (Wildman–Crippen MR) is 244 cm³/mol. The van der Waals surface area contributed by atoms with Gasteiger partial charge in [-0.2, -0.15) is 0 Å². The predicted octanol–water partition coefficient (Wildman–Crippen LogP) is 4.56. The van der Waals surface area contributed by atoms with Gasteiger partial charge in [0.1, 0.15) is 36.3 Å². The number of nitrogens with zero attached hydrogens (tertiary/aromatic N) is 1. The zero-order valence-electron chi connectivity index (χ0n) is 37.4. The molecule has 0 bridgehead atoms. The van der Waals surface area contributed by atoms with Gasteiger partial charge in [0.15, 0.2) is 0 Å². The van der Waals surface area contributed by atoms with Crippen molar-refractivity contribution in [3.8, 4) is 0 Å². The molecule has 1 saturated heterocycles. The van der Waals surface area contributed by atoms with Gasteiger partial charge in [0, 0.05) is 48.0 Å². The SMILES string of the molecule is CCC(C)C(NC(=O)NC1CCCCNC(=O)C(Cc2ccccc2)NC(=O)C(Cc2c[nH]c3ccc(Br)cc23)N(C)C(=O)C(CC(C)C)NC(=O)C(C(C)CC)NC1=O)C(=O)O. The highest BCUT2D eigenvalue weighted by Crippen LogP contribution is 2.25. The van der Waals surface area contributed by atoms with Crippen molar-refractivity contribution in [3.05, 3.63) is 70.3 Å². The molecule has 1 aliphatic rings. The van der Waals surface area contributed by atoms with Crippen molar-refractivity contribution < 1.29 is 38.7 Å². The number of aromatic amines is 1. The summed E-state index contributed by atoms with van der Waals surface area (Å²) in [6.07, 6.45) is 3.97. The second-order valence-corrected chi connectivity index (χ2v) is 18.1. The summed E-state index contributed by atoms with van der Waals surface area (Å²) in [5, 5.41) is 27.4. The van der Waals surface area contributed by atoms with Crippen LogP contribution in [0.1, 0.15) is 91.2 Å². The van der Waals surface area contributed by atoms with Crippen LogP contribution < -0.4 is 31.9 Å². The van der Waals surface area contributed by atoms with E-state index in [-0.39, 0.29) is 38.1 Å². The van der Waals surface area contributed by atoms with E-state index in [1.54, 1.807) is 27.0 Å². The molecule has 8 N–H and O–H groups in total. The third kappa shape index (κ3) is 14.3. The average Bonchev–Trinajstić information content (AvgIpc) is 3.65. The van der Waals surface area contributed by atoms with Crippen molar-refractivity contribution in [2.24, 2.45) is 17.8 Å². The van der Waals surface area contributed by atoms with Crippen LogP contribution in [0.3, 0.4) is 0 Å². The molecule has 17 heteroatoms. The number of amides is 7. The number of benzene rings is 2. The molecule has 8 atom stereocenters. The summed E-state index contributed by atoms with van der Waals surface area (Å²) in [7, 11) is 1.51. The molecule has 63 heavy (non-hydrogen) atoms. The lowest BCUT2D eigenvalue weighted by molar-refractivity contribution is -0.143. The molecule has 1 aromatic heterocycles. The fraction of sp³-hybridized carbons (Fsp3) is 0.543. The third-order valence-electron chi connectivity index (χ3n) is 11.9. The number of hydrogen-bond acceptors (Lipinski definition) is 7. The largest absolute Gasteiger partial charge is 0.480 e. The maximum Gasteiger partial charge on any atom is 0.326 e. The minimum atomic E-state index is -1.22. The van der Waals surface area contributed by atoms with E-state index >= 15 is 0 Å². The van der Waals surface area contributed by atoms with E-state index in [1.807, 2.05) is 69.3 Å². The van der Waals surface area contributed by atoms with Crippen LogP contribution in [-0.2, 0) is 41.6 Å². The first-order valence-electron chi connectivity index (χ1n) is 22.0. The minimum absolute atomic E-state index is 0.0740. The first kappa shape index (κ1) is 50.2. The number of H-pyrrole nitrogens is 1. The number of fused-ring (bicyclic) bond motifs is 1. The lowest BCUT2D eigenvalue weighted by Crippen LogP contribution is -2.61. The Kier molecular flexibility index (Phi) is 19.0. The summed E-state index contributed by atoms with van der Waals surface area (Å²) in [5.74, 6) is -4.96. The quantitative estimate of drug-likeness (QED) is 0.121. The van der Waals surface area contributed by atoms with Crippen LogP contribution in [0.15, 0.2) is 59.2 Å². The van der Waals surface area contributed by atoms with Gasteiger partial charge in [-0.05, 0) is 72.8 Å². The Morgan fingerprint density at radius 3 is 2.21 bits per heavy atom. The van der Waals surface area contributed by atoms with Crippen LogP contribution in [-0.4, -0.2) is 106 Å². The molecule has 0 spiro atoms. The molecule has 0 radical (unpaired) electrons. The number of aromatic nitrogens is 1. The summed E-state index contributed by atoms with van der Waals surface area (Å²) >= 11 is 3.54. The minimum Gasteiger partial charge on any atom is -0.480 e. The van der Waals surface area contributed by atoms with E-state index in [4.69, 9.17) is 0 Å². The van der Waals surface area contributed by atoms with Crippen LogP contribution in [0.4, 0.5) is 4.79 Å². The Balaban J connectivity index is 1.76. The van der Waals surface area contributed by atoms with Gasteiger partial charge in [0.25, 0.3) is 0 Å². The van der Waals surface area contributed by atoms with E-state index in [0.29, 0.717) is 25.7 Å². The van der Waals surface area contributed by atoms with Gasteiger partial charge in [-0.25, -0.2) is 9.59 Å². The number of carbonyl (C=O) groups excluding carboxylic acids is 6. The first-order valence-corrected chi connectivity index (χ1v) is 22.8. The molecule has 16 nitrogen and oxygen atoms in total. The van der Waals surface area contributed by atoms with E-state index < -0.39 is 89.6 Å². The summed E-state index contributed by atoms with van der Waals surface area (Å²) in [4.78, 5) is 102. The molecule has 1 aliphatic heterocycles. The highest BCUT2D eigenvalue weighted by atomic mass is 79.9. The van der Waals surface area contributed by atoms with Crippen LogP contribution in [0, 0.1) is 17.8 Å². The lowest BCUT2D eigenvalue weighted by atomic mass is 9.95. The molecule has 3 aromatic rings. The molecule has 2 heterocycles. The molecule has 0 saturated carbocycles. The van der Waals surface area contributed by atoms with Gasteiger partial charge < -0.3 is 46.9 Å². The molecule has 1 fully saturated rings. The van der Waals surface area contributed by atoms with Crippen LogP contribution >= 0.6 is 15.9 Å². The van der Waals surface area contributed by atoms with Gasteiger partial charge in [0.2, 0.25) is 29.5 Å². The van der Waals surface area contributed by atoms with Crippen LogP contribution in [0.5, 0.6) is 0 Å². The topological polar surface area (TPSA) is 231 Å². The first-order chi connectivity index (χ1) is 29.9. The van der Waals surface area contributed by atoms with Gasteiger partial charge in [-0.1, -0.05) is 101 Å². The van der Waals surface area contributed by atoms with E-state index in [2.05, 4.69) is 52.8 Å². The number of carboxylic acids is 1. The molecule has 344 valence electrons. The Hall–Kier alpha value is -5.45. The molecule has 0 aliphatic carbocycles. The van der Waals surface area contributed by atoms with Gasteiger partial charge in [-0.15, -0.1) is 0 Å². The molecule has 2 aromatic carbocycles. The van der Waals surface area contributed by atoms with Gasteiger partial charge in [-0.3, -0.25) is 24.0 Å². The standard InChI is InChI=1S/C46H65BrN8O8/c1-8-27(5)38-43(59)51-36(21-26(3)4)44(60)55(7)37(23-30-25-49-33-19-18-31(47)24-32(30)33)42(58)50-35(22-29-15-11-10-12-16-29)40(56)48-20-14-13-17-34(41(57)53-38)52-46(63)54-39(45(61)62)28(6)9-2/h10-12,15-16,18-19,24-28,34-39,49H,8-9,13-14,17,20-23H2,1-7H3,(H,48,56)(H,50,58)(H,51,59)(H,53,57)(H,61,62)(H2,52,54,63). The molecule has 8 unspecified atom stereocenters. The molecular weight excluding hydrogens is 872 g/mol. The van der Waals surface area contributed by atoms with Crippen molar-refractivity contribution >= 4 is 68.4 Å². The van der Waals surface area contributed by atoms with Crippen LogP contribution in [0.25, 0.3) is 10.9 Å². The Bertz CT molecular complexity index is 2060. The van der Waals surface area contributed by atoms with E-state index in [9.17, 15) is 38.7 Å². The summed E-state index contributed by atoms with van der Waals surface area (Å²) < 4.78 is 0.825. The van der Waals surface area contributed by atoms with Crippen LogP contribution in [0.2, 0.25) is 0 Å². The molecule has 4 rings (SSSR count). The van der Waals surface area contributed by atoms with Crippen molar-refractivity contribution in [1.29, 1.82) is 0 Å². The highest BCUT2D eigenvalue weighted by Gasteiger charge is 2.38. The number of carboxylic acid groups (broad SMARTS) is 1. The lowest BCUT2D eigenvalue weighted by Gasteiger charge is -2.33. The summed E-state index contributed by atoms with van der Waals surface area (Å²) in [6, 6.07) is 7.29. The number of hydrogen-bond donors (Lipinski definition) is 8. The van der Waals surface area contributed by atoms with E-state index in [0.717, 1.165) is 26.5 Å². The van der Waals surface area contributed by atoms with Crippen molar-refractivity contribution in [2.75, 3.05) is 13.6 Å². The number of carbonyl (C=O) groups is 7. The fourth-order valence-corrected chi connectivity index (χ4v) is 8.03. The number of nitrogens with one attached hydrogen (secondary N) is 7. The molecule has 7 amide bonds. The zero-order chi connectivity index (χ0) is 46.4. The second-order valence-electron chi connectivity index (χ2n) is 17.1. The fourth-order valence-electron chi connectivity index (χ4n) is 7.67. The van der Waals surface area contributed by atoms with Crippen molar-refractivity contribution in [2.45, 2.75) is 129 Å². The normalized spacial score (nSPS) is 22.7. The van der Waals surface area contributed by atoms with Gasteiger partial charge in [0.05, 0.1) is 0 Å². The molecular formula is C46H65BrN8O8. The zero-order valence-corrected chi connectivity index (χ0v) is 39.0. The third-order valence-corrected chi connectivity index (χ3v) is 12.4. The second kappa shape index (κ2) is 23.8. The number of aliphatic carboxylic acids is 1.